The second-order valence-corrected chi connectivity index (χ2v) is 3.67. The van der Waals surface area contributed by atoms with E-state index in [4.69, 9.17) is 26.2 Å². The largest absolute Gasteiger partial charge is 0.397 e. The first-order chi connectivity index (χ1) is 10.1. The summed E-state index contributed by atoms with van der Waals surface area (Å²) in [5, 5.41) is 30.3. The summed E-state index contributed by atoms with van der Waals surface area (Å²) in [7, 11) is 0. The molecule has 0 aromatic carbocycles. The van der Waals surface area contributed by atoms with Gasteiger partial charge in [-0.1, -0.05) is 25.7 Å². The Hall–Kier alpha value is 0.514. The van der Waals surface area contributed by atoms with Crippen LogP contribution in [0.5, 0.6) is 0 Å². The van der Waals surface area contributed by atoms with Crippen LogP contribution in [0.2, 0.25) is 0 Å². The predicted molar refractivity (Wildman–Crippen MR) is 93.2 cm³/mol. The summed E-state index contributed by atoms with van der Waals surface area (Å²) in [5.41, 5.74) is 5.33. The Balaban J connectivity index is -0.0000000415. The Labute approximate surface area is 154 Å². The minimum absolute atomic E-state index is 0. The van der Waals surface area contributed by atoms with Gasteiger partial charge in [0, 0.05) is 48.1 Å². The molecule has 0 fully saturated rings. The van der Waals surface area contributed by atoms with Gasteiger partial charge in [0.25, 0.3) is 0 Å². The molecule has 0 aliphatic heterocycles. The molecule has 0 aliphatic carbocycles. The maximum atomic E-state index is 7.57. The predicted octanol–water partition coefficient (Wildman–Crippen LogP) is 2.11. The first-order valence-corrected chi connectivity index (χ1v) is 8.00. The molecule has 0 radical (unpaired) electrons. The summed E-state index contributed by atoms with van der Waals surface area (Å²) in [6.45, 7) is 12.4. The average molecular weight is 360 g/mol. The van der Waals surface area contributed by atoms with Gasteiger partial charge in [0.05, 0.1) is 0 Å². The molecule has 0 aromatic rings. The molecule has 0 heterocycles. The first-order valence-electron chi connectivity index (χ1n) is 8.00. The normalized spacial score (nSPS) is 7.36. The summed E-state index contributed by atoms with van der Waals surface area (Å²) in [5.74, 6) is 0. The Bertz CT molecular complexity index is 88.2. The molecule has 140 valence electrons. The van der Waals surface area contributed by atoms with E-state index in [-0.39, 0.29) is 48.1 Å². The Kier molecular flexibility index (Phi) is 119. The number of rotatable bonds is 6. The number of aliphatic hydroxyl groups is 4. The number of aliphatic hydroxyl groups excluding tert-OH is 4. The molecule has 0 aromatic heterocycles. The maximum absolute atomic E-state index is 7.57. The molecule has 0 aliphatic rings. The maximum Gasteiger partial charge on any atom is 0.0402 e. The van der Waals surface area contributed by atoms with Crippen molar-refractivity contribution in [1.29, 1.82) is 0 Å². The molecular weight excluding hydrogens is 318 g/mol. The van der Waals surface area contributed by atoms with Gasteiger partial charge in [-0.3, -0.25) is 0 Å². The second kappa shape index (κ2) is 68.3. The molecule has 0 saturated heterocycles. The minimum Gasteiger partial charge on any atom is -0.397 e. The Morgan fingerprint density at radius 2 is 0.864 bits per heavy atom. The zero-order valence-electron chi connectivity index (χ0n) is 15.4. The van der Waals surface area contributed by atoms with Crippen molar-refractivity contribution >= 4 is 0 Å². The van der Waals surface area contributed by atoms with Gasteiger partial charge in [0.1, 0.15) is 0 Å². The van der Waals surface area contributed by atoms with Crippen molar-refractivity contribution in [3.05, 3.63) is 6.92 Å². The molecule has 5 nitrogen and oxygen atoms in total. The number of nitrogens with two attached hydrogens (primary N) is 1. The van der Waals surface area contributed by atoms with Crippen LogP contribution in [0.4, 0.5) is 0 Å². The van der Waals surface area contributed by atoms with Crippen LogP contribution in [0.3, 0.4) is 0 Å². The number of unbranched alkanes of at least 4 members (excludes halogenated alkanes) is 5. The zero-order chi connectivity index (χ0) is 17.8. The van der Waals surface area contributed by atoms with E-state index in [1.807, 2.05) is 0 Å². The van der Waals surface area contributed by atoms with Crippen molar-refractivity contribution in [3.8, 4) is 0 Å². The third-order valence-electron chi connectivity index (χ3n) is 1.45. The van der Waals surface area contributed by atoms with E-state index in [0.29, 0.717) is 0 Å². The zero-order valence-corrected chi connectivity index (χ0v) is 16.9. The van der Waals surface area contributed by atoms with Gasteiger partial charge in [0.2, 0.25) is 0 Å². The number of hydrogen-bond acceptors (Lipinski definition) is 5. The smallest absolute Gasteiger partial charge is 0.0402 e. The van der Waals surface area contributed by atoms with Gasteiger partial charge in [-0.25, -0.2) is 0 Å². The molecule has 0 rings (SSSR count). The van der Waals surface area contributed by atoms with Gasteiger partial charge >= 0.3 is 0 Å². The SMILES string of the molecule is CCO.CCO.CCO.CCO.[CH2-]CCCCCCCN.[Ti]. The van der Waals surface area contributed by atoms with Crippen LogP contribution in [0.1, 0.15) is 66.2 Å². The Morgan fingerprint density at radius 3 is 1.09 bits per heavy atom. The fourth-order valence-corrected chi connectivity index (χ4v) is 0.851. The fraction of sp³-hybridized carbons (Fsp3) is 0.938. The molecular formula is C16H42NO4Ti-. The average Bonchev–Trinajstić information content (AvgIpc) is 2.42. The summed E-state index contributed by atoms with van der Waals surface area (Å²) in [6.07, 6.45) is 7.54. The summed E-state index contributed by atoms with van der Waals surface area (Å²) >= 11 is 0. The summed E-state index contributed by atoms with van der Waals surface area (Å²) in [4.78, 5) is 0. The summed E-state index contributed by atoms with van der Waals surface area (Å²) < 4.78 is 0. The van der Waals surface area contributed by atoms with Crippen molar-refractivity contribution in [2.24, 2.45) is 5.73 Å². The molecule has 22 heavy (non-hydrogen) atoms. The van der Waals surface area contributed by atoms with E-state index in [0.717, 1.165) is 13.0 Å². The van der Waals surface area contributed by atoms with Gasteiger partial charge in [-0.15, -0.1) is 0 Å². The topological polar surface area (TPSA) is 107 Å². The molecule has 0 bridgehead atoms. The number of hydrogen-bond donors (Lipinski definition) is 5. The summed E-state index contributed by atoms with van der Waals surface area (Å²) in [6, 6.07) is 0. The third-order valence-corrected chi connectivity index (χ3v) is 1.45. The van der Waals surface area contributed by atoms with E-state index in [1.54, 1.807) is 27.7 Å². The van der Waals surface area contributed by atoms with Crippen LogP contribution in [0.25, 0.3) is 0 Å². The van der Waals surface area contributed by atoms with Crippen LogP contribution < -0.4 is 5.73 Å². The standard InChI is InChI=1S/C8H18N.4C2H6O.Ti/c1-2-3-4-5-6-7-8-9;4*1-2-3;/h1-9H2;4*3H,2H2,1H3;/q-1;;;;;. The van der Waals surface area contributed by atoms with Gasteiger partial charge < -0.3 is 33.1 Å². The van der Waals surface area contributed by atoms with Crippen molar-refractivity contribution < 1.29 is 42.1 Å². The molecule has 6 heteroatoms. The van der Waals surface area contributed by atoms with Crippen LogP contribution in [0.15, 0.2) is 0 Å². The van der Waals surface area contributed by atoms with Crippen molar-refractivity contribution in [2.45, 2.75) is 66.2 Å². The van der Waals surface area contributed by atoms with Gasteiger partial charge in [-0.2, -0.15) is 6.42 Å². The molecule has 6 N–H and O–H groups in total. The molecule has 0 saturated carbocycles. The third kappa shape index (κ3) is 184. The van der Waals surface area contributed by atoms with Crippen LogP contribution in [-0.4, -0.2) is 53.4 Å². The Morgan fingerprint density at radius 1 is 0.636 bits per heavy atom. The van der Waals surface area contributed by atoms with Crippen molar-refractivity contribution in [1.82, 2.24) is 0 Å². The van der Waals surface area contributed by atoms with Crippen LogP contribution >= 0.6 is 0 Å². The van der Waals surface area contributed by atoms with E-state index in [2.05, 4.69) is 6.92 Å². The van der Waals surface area contributed by atoms with Crippen molar-refractivity contribution in [3.63, 3.8) is 0 Å². The van der Waals surface area contributed by atoms with Crippen molar-refractivity contribution in [2.75, 3.05) is 33.0 Å². The van der Waals surface area contributed by atoms with E-state index >= 15 is 0 Å². The quantitative estimate of drug-likeness (QED) is 0.283. The van der Waals surface area contributed by atoms with E-state index < -0.39 is 0 Å². The molecule has 0 unspecified atom stereocenters. The fourth-order valence-electron chi connectivity index (χ4n) is 0.851. The van der Waals surface area contributed by atoms with Gasteiger partial charge in [0.15, 0.2) is 0 Å². The van der Waals surface area contributed by atoms with Crippen LogP contribution in [-0.2, 0) is 21.7 Å². The van der Waals surface area contributed by atoms with E-state index in [9.17, 15) is 0 Å². The van der Waals surface area contributed by atoms with Gasteiger partial charge in [-0.05, 0) is 40.7 Å². The van der Waals surface area contributed by atoms with E-state index in [1.165, 1.54) is 32.1 Å². The monoisotopic (exact) mass is 360 g/mol. The molecule has 0 amide bonds. The minimum atomic E-state index is 0. The molecule has 0 atom stereocenters. The second-order valence-electron chi connectivity index (χ2n) is 3.67. The first kappa shape index (κ1) is 38.2. The van der Waals surface area contributed by atoms with Crippen LogP contribution in [0, 0.1) is 6.92 Å². The molecule has 0 spiro atoms.